The fourth-order valence-corrected chi connectivity index (χ4v) is 1.95. The maximum atomic E-state index is 11.1. The largest absolute Gasteiger partial charge is 0.464 e. The van der Waals surface area contributed by atoms with Gasteiger partial charge >= 0.3 is 5.97 Å². The van der Waals surface area contributed by atoms with Crippen LogP contribution in [-0.4, -0.2) is 18.8 Å². The molecule has 0 fully saturated rings. The van der Waals surface area contributed by atoms with Crippen molar-refractivity contribution in [3.05, 3.63) is 33.8 Å². The van der Waals surface area contributed by atoms with Crippen molar-refractivity contribution in [2.45, 2.75) is 6.04 Å². The van der Waals surface area contributed by atoms with Crippen molar-refractivity contribution in [2.24, 2.45) is 4.99 Å². The van der Waals surface area contributed by atoms with E-state index in [4.69, 9.17) is 23.2 Å². The number of aliphatic imine (C=N–C) groups is 1. The molecule has 2 rings (SSSR count). The van der Waals surface area contributed by atoms with Gasteiger partial charge in [-0.15, -0.1) is 0 Å². The number of carbonyl (C=O) groups is 1. The Hall–Kier alpha value is -1.06. The second-order valence-corrected chi connectivity index (χ2v) is 3.86. The van der Waals surface area contributed by atoms with Crippen molar-refractivity contribution < 1.29 is 9.53 Å². The number of carbonyl (C=O) groups excluding carboxylic acids is 1. The minimum absolute atomic E-state index is 0.335. The van der Waals surface area contributed by atoms with Crippen molar-refractivity contribution >= 4 is 34.9 Å². The Kier molecular flexibility index (Phi) is 2.67. The zero-order chi connectivity index (χ0) is 11.0. The van der Waals surface area contributed by atoms with Gasteiger partial charge in [-0.05, 0) is 12.1 Å². The van der Waals surface area contributed by atoms with Gasteiger partial charge in [-0.1, -0.05) is 29.3 Å². The van der Waals surface area contributed by atoms with Crippen LogP contribution in [0.15, 0.2) is 23.2 Å². The first-order valence-corrected chi connectivity index (χ1v) is 5.00. The molecule has 0 saturated heterocycles. The van der Waals surface area contributed by atoms with E-state index in [0.717, 1.165) is 0 Å². The summed E-state index contributed by atoms with van der Waals surface area (Å²) in [5, 5.41) is 1.02. The minimum Gasteiger partial charge on any atom is -0.464 e. The van der Waals surface area contributed by atoms with Gasteiger partial charge in [0.05, 0.1) is 7.11 Å². The number of methoxy groups -OCH3 is 1. The summed E-state index contributed by atoms with van der Waals surface area (Å²) in [4.78, 5) is 15.1. The number of hydrogen-bond donors (Lipinski definition) is 0. The van der Waals surface area contributed by atoms with Crippen molar-refractivity contribution in [2.75, 3.05) is 7.11 Å². The van der Waals surface area contributed by atoms with Gasteiger partial charge in [0.25, 0.3) is 0 Å². The number of halogens is 2. The first kappa shape index (κ1) is 10.5. The summed E-state index contributed by atoms with van der Waals surface area (Å²) in [7, 11) is 1.31. The van der Waals surface area contributed by atoms with E-state index in [-0.39, 0.29) is 6.04 Å². The Morgan fingerprint density at radius 3 is 2.53 bits per heavy atom. The number of hydrogen-bond acceptors (Lipinski definition) is 3. The zero-order valence-electron chi connectivity index (χ0n) is 7.83. The zero-order valence-corrected chi connectivity index (χ0v) is 9.34. The van der Waals surface area contributed by atoms with Crippen LogP contribution in [0.2, 0.25) is 10.0 Å². The molecule has 15 heavy (non-hydrogen) atoms. The van der Waals surface area contributed by atoms with Gasteiger partial charge in [0.15, 0.2) is 5.71 Å². The molecule has 0 aromatic heterocycles. The fourth-order valence-electron chi connectivity index (χ4n) is 1.34. The van der Waals surface area contributed by atoms with Gasteiger partial charge in [0.1, 0.15) is 6.04 Å². The van der Waals surface area contributed by atoms with Crippen molar-refractivity contribution in [3.8, 4) is 0 Å². The highest BCUT2D eigenvalue weighted by molar-refractivity contribution is 6.46. The quantitative estimate of drug-likeness (QED) is 0.750. The van der Waals surface area contributed by atoms with E-state index in [2.05, 4.69) is 9.73 Å². The standard InChI is InChI=1S/C10H7Cl2NO2/c1-15-10(14)9-8(13-9)7-5(11)3-2-4-6(7)12/h2-4,8H,1H3. The Balaban J connectivity index is 2.25. The third-order valence-corrected chi connectivity index (χ3v) is 2.79. The molecule has 1 aromatic carbocycles. The van der Waals surface area contributed by atoms with E-state index in [0.29, 0.717) is 21.3 Å². The van der Waals surface area contributed by atoms with E-state index in [9.17, 15) is 4.79 Å². The molecule has 1 aromatic rings. The van der Waals surface area contributed by atoms with Crippen LogP contribution in [-0.2, 0) is 9.53 Å². The lowest BCUT2D eigenvalue weighted by atomic mass is 10.1. The van der Waals surface area contributed by atoms with Crippen molar-refractivity contribution in [3.63, 3.8) is 0 Å². The molecule has 78 valence electrons. The summed E-state index contributed by atoms with van der Waals surface area (Å²) in [6.45, 7) is 0. The molecule has 0 N–H and O–H groups in total. The maximum Gasteiger partial charge on any atom is 0.354 e. The maximum absolute atomic E-state index is 11.1. The second-order valence-electron chi connectivity index (χ2n) is 3.04. The summed E-state index contributed by atoms with van der Waals surface area (Å²) in [6.07, 6.45) is 0. The first-order valence-electron chi connectivity index (χ1n) is 4.25. The molecular formula is C10H7Cl2NO2. The number of benzene rings is 1. The van der Waals surface area contributed by atoms with Crippen LogP contribution in [0.1, 0.15) is 11.6 Å². The molecule has 0 bridgehead atoms. The lowest BCUT2D eigenvalue weighted by molar-refractivity contribution is -0.132. The lowest BCUT2D eigenvalue weighted by Gasteiger charge is -2.03. The molecule has 0 spiro atoms. The lowest BCUT2D eigenvalue weighted by Crippen LogP contribution is -2.09. The Morgan fingerprint density at radius 1 is 1.40 bits per heavy atom. The third-order valence-electron chi connectivity index (χ3n) is 2.13. The van der Waals surface area contributed by atoms with Crippen LogP contribution in [0, 0.1) is 0 Å². The van der Waals surface area contributed by atoms with Gasteiger partial charge in [-0.25, -0.2) is 4.79 Å². The average molecular weight is 244 g/mol. The van der Waals surface area contributed by atoms with E-state index >= 15 is 0 Å². The van der Waals surface area contributed by atoms with Gasteiger partial charge in [0.2, 0.25) is 0 Å². The summed E-state index contributed by atoms with van der Waals surface area (Å²) >= 11 is 11.9. The molecule has 1 unspecified atom stereocenters. The summed E-state index contributed by atoms with van der Waals surface area (Å²) < 4.78 is 4.55. The molecule has 0 amide bonds. The molecule has 1 heterocycles. The molecule has 0 saturated carbocycles. The van der Waals surface area contributed by atoms with Crippen LogP contribution < -0.4 is 0 Å². The summed E-state index contributed by atoms with van der Waals surface area (Å²) in [6, 6.07) is 4.84. The van der Waals surface area contributed by atoms with Crippen LogP contribution in [0.3, 0.4) is 0 Å². The summed E-state index contributed by atoms with van der Waals surface area (Å²) in [5.74, 6) is -0.434. The molecule has 1 atom stereocenters. The molecule has 1 aliphatic rings. The van der Waals surface area contributed by atoms with Gasteiger partial charge in [0, 0.05) is 15.6 Å². The second kappa shape index (κ2) is 3.83. The van der Waals surface area contributed by atoms with Gasteiger partial charge in [-0.3, -0.25) is 4.99 Å². The van der Waals surface area contributed by atoms with Gasteiger partial charge < -0.3 is 4.74 Å². The van der Waals surface area contributed by atoms with Crippen LogP contribution >= 0.6 is 23.2 Å². The first-order chi connectivity index (χ1) is 7.15. The van der Waals surface area contributed by atoms with Crippen molar-refractivity contribution in [1.29, 1.82) is 0 Å². The third kappa shape index (κ3) is 1.85. The molecule has 3 nitrogen and oxygen atoms in total. The smallest absolute Gasteiger partial charge is 0.354 e. The highest BCUT2D eigenvalue weighted by atomic mass is 35.5. The molecule has 5 heteroatoms. The monoisotopic (exact) mass is 243 g/mol. The average Bonchev–Trinajstić information content (AvgIpc) is 2.96. The molecular weight excluding hydrogens is 237 g/mol. The predicted octanol–water partition coefficient (Wildman–Crippen LogP) is 2.66. The fraction of sp³-hybridized carbons (Fsp3) is 0.200. The highest BCUT2D eigenvalue weighted by Gasteiger charge is 2.38. The molecule has 1 aliphatic heterocycles. The minimum atomic E-state index is -0.434. The van der Waals surface area contributed by atoms with E-state index in [1.54, 1.807) is 18.2 Å². The molecule has 0 radical (unpaired) electrons. The van der Waals surface area contributed by atoms with E-state index < -0.39 is 5.97 Å². The van der Waals surface area contributed by atoms with Crippen LogP contribution in [0.4, 0.5) is 0 Å². The SMILES string of the molecule is COC(=O)C1=NC1c1c(Cl)cccc1Cl. The number of rotatable bonds is 2. The molecule has 0 aliphatic carbocycles. The highest BCUT2D eigenvalue weighted by Crippen LogP contribution is 2.40. The topological polar surface area (TPSA) is 38.7 Å². The normalized spacial score (nSPS) is 18.3. The predicted molar refractivity (Wildman–Crippen MR) is 58.7 cm³/mol. The van der Waals surface area contributed by atoms with Gasteiger partial charge in [-0.2, -0.15) is 0 Å². The Morgan fingerprint density at radius 2 is 2.00 bits per heavy atom. The Bertz CT molecular complexity index is 436. The number of esters is 1. The van der Waals surface area contributed by atoms with E-state index in [1.165, 1.54) is 7.11 Å². The van der Waals surface area contributed by atoms with Crippen LogP contribution in [0.25, 0.3) is 0 Å². The van der Waals surface area contributed by atoms with Crippen molar-refractivity contribution in [1.82, 2.24) is 0 Å². The number of nitrogens with zero attached hydrogens (tertiary/aromatic N) is 1. The van der Waals surface area contributed by atoms with Crippen LogP contribution in [0.5, 0.6) is 0 Å². The van der Waals surface area contributed by atoms with E-state index in [1.807, 2.05) is 0 Å². The number of ether oxygens (including phenoxy) is 1. The Labute approximate surface area is 96.7 Å². The summed E-state index contributed by atoms with van der Waals surface area (Å²) in [5.41, 5.74) is 1.04.